The smallest absolute Gasteiger partial charge is 0.130 e. The molecule has 1 N–H and O–H groups in total. The lowest BCUT2D eigenvalue weighted by molar-refractivity contribution is 0.229. The zero-order chi connectivity index (χ0) is 12.5. The predicted octanol–water partition coefficient (Wildman–Crippen LogP) is 2.94. The van der Waals surface area contributed by atoms with Crippen molar-refractivity contribution < 1.29 is 9.50 Å². The fourth-order valence-corrected chi connectivity index (χ4v) is 3.63. The van der Waals surface area contributed by atoms with Crippen LogP contribution in [0.15, 0.2) is 18.2 Å². The van der Waals surface area contributed by atoms with Crippen LogP contribution in [-0.2, 0) is 6.61 Å². The summed E-state index contributed by atoms with van der Waals surface area (Å²) < 4.78 is 13.7. The van der Waals surface area contributed by atoms with Gasteiger partial charge in [-0.15, -0.1) is 0 Å². The molecule has 0 amide bonds. The van der Waals surface area contributed by atoms with Gasteiger partial charge in [-0.05, 0) is 43.2 Å². The van der Waals surface area contributed by atoms with E-state index in [1.807, 2.05) is 6.07 Å². The van der Waals surface area contributed by atoms with E-state index >= 15 is 0 Å². The van der Waals surface area contributed by atoms with Gasteiger partial charge in [-0.25, -0.2) is 4.39 Å². The van der Waals surface area contributed by atoms with E-state index in [0.717, 1.165) is 30.6 Å². The molecule has 2 nitrogen and oxygen atoms in total. The highest BCUT2D eigenvalue weighted by Gasteiger charge is 2.31. The summed E-state index contributed by atoms with van der Waals surface area (Å²) in [6, 6.07) is 5.11. The number of piperidine rings is 1. The van der Waals surface area contributed by atoms with Crippen molar-refractivity contribution in [1.29, 1.82) is 0 Å². The number of benzene rings is 1. The average molecular weight is 249 g/mol. The molecule has 1 heterocycles. The van der Waals surface area contributed by atoms with Crippen LogP contribution in [0, 0.1) is 17.7 Å². The standard InChI is InChI=1S/C15H20FNO/c16-14-5-2-6-15(13(14)10-18)17-8-11-3-1-4-12(7-11)9-17/h2,5-6,11-12,18H,1,3-4,7-10H2. The lowest BCUT2D eigenvalue weighted by Gasteiger charge is -2.43. The van der Waals surface area contributed by atoms with Gasteiger partial charge in [0, 0.05) is 24.3 Å². The molecule has 0 spiro atoms. The van der Waals surface area contributed by atoms with Crippen molar-refractivity contribution in [2.75, 3.05) is 18.0 Å². The van der Waals surface area contributed by atoms with E-state index in [9.17, 15) is 9.50 Å². The third-order valence-electron chi connectivity index (χ3n) is 4.44. The van der Waals surface area contributed by atoms with Crippen molar-refractivity contribution in [1.82, 2.24) is 0 Å². The first-order chi connectivity index (χ1) is 8.78. The second kappa shape index (κ2) is 4.88. The van der Waals surface area contributed by atoms with E-state index in [2.05, 4.69) is 4.90 Å². The first-order valence-corrected chi connectivity index (χ1v) is 6.91. The summed E-state index contributed by atoms with van der Waals surface area (Å²) in [5, 5.41) is 9.37. The van der Waals surface area contributed by atoms with Gasteiger partial charge in [0.05, 0.1) is 6.61 Å². The maximum Gasteiger partial charge on any atom is 0.130 e. The van der Waals surface area contributed by atoms with E-state index in [4.69, 9.17) is 0 Å². The zero-order valence-electron chi connectivity index (χ0n) is 10.6. The van der Waals surface area contributed by atoms with Crippen LogP contribution in [0.4, 0.5) is 10.1 Å². The summed E-state index contributed by atoms with van der Waals surface area (Å²) in [6.45, 7) is 1.83. The van der Waals surface area contributed by atoms with Crippen LogP contribution in [0.1, 0.15) is 31.2 Å². The van der Waals surface area contributed by atoms with Gasteiger partial charge in [0.2, 0.25) is 0 Å². The molecule has 98 valence electrons. The lowest BCUT2D eigenvalue weighted by Crippen LogP contribution is -2.43. The van der Waals surface area contributed by atoms with Gasteiger partial charge < -0.3 is 10.0 Å². The fourth-order valence-electron chi connectivity index (χ4n) is 3.63. The Labute approximate surface area is 107 Å². The molecule has 1 aromatic rings. The van der Waals surface area contributed by atoms with Crippen LogP contribution in [-0.4, -0.2) is 18.2 Å². The molecule has 0 radical (unpaired) electrons. The summed E-state index contributed by atoms with van der Waals surface area (Å²) in [7, 11) is 0. The zero-order valence-corrected chi connectivity index (χ0v) is 10.6. The summed E-state index contributed by atoms with van der Waals surface area (Å²) in [6.07, 6.45) is 5.28. The Morgan fingerprint density at radius 1 is 1.22 bits per heavy atom. The summed E-state index contributed by atoms with van der Waals surface area (Å²) >= 11 is 0. The normalized spacial score (nSPS) is 27.3. The average Bonchev–Trinajstić information content (AvgIpc) is 2.38. The van der Waals surface area contributed by atoms with Crippen molar-refractivity contribution in [3.05, 3.63) is 29.6 Å². The Morgan fingerprint density at radius 2 is 1.94 bits per heavy atom. The maximum atomic E-state index is 13.7. The van der Waals surface area contributed by atoms with E-state index < -0.39 is 0 Å². The highest BCUT2D eigenvalue weighted by molar-refractivity contribution is 5.54. The Bertz CT molecular complexity index is 423. The number of nitrogens with zero attached hydrogens (tertiary/aromatic N) is 1. The van der Waals surface area contributed by atoms with E-state index in [1.165, 1.54) is 31.7 Å². The molecule has 3 heteroatoms. The van der Waals surface area contributed by atoms with Crippen molar-refractivity contribution in [2.45, 2.75) is 32.3 Å². The lowest BCUT2D eigenvalue weighted by atomic mass is 9.77. The third kappa shape index (κ3) is 2.12. The number of anilines is 1. The van der Waals surface area contributed by atoms with Gasteiger partial charge in [0.1, 0.15) is 5.82 Å². The summed E-state index contributed by atoms with van der Waals surface area (Å²) in [4.78, 5) is 2.28. The van der Waals surface area contributed by atoms with Crippen LogP contribution < -0.4 is 4.90 Å². The number of hydrogen-bond donors (Lipinski definition) is 1. The Hall–Kier alpha value is -1.09. The quantitative estimate of drug-likeness (QED) is 0.871. The van der Waals surface area contributed by atoms with Crippen LogP contribution in [0.25, 0.3) is 0 Å². The molecule has 18 heavy (non-hydrogen) atoms. The third-order valence-corrected chi connectivity index (χ3v) is 4.44. The summed E-state index contributed by atoms with van der Waals surface area (Å²) in [5.74, 6) is 1.23. The van der Waals surface area contributed by atoms with Gasteiger partial charge in [0.25, 0.3) is 0 Å². The number of hydrogen-bond acceptors (Lipinski definition) is 2. The minimum atomic E-state index is -0.286. The molecule has 1 saturated heterocycles. The predicted molar refractivity (Wildman–Crippen MR) is 70.0 cm³/mol. The highest BCUT2D eigenvalue weighted by Crippen LogP contribution is 2.37. The van der Waals surface area contributed by atoms with Crippen LogP contribution in [0.3, 0.4) is 0 Å². The number of aliphatic hydroxyl groups excluding tert-OH is 1. The number of rotatable bonds is 2. The van der Waals surface area contributed by atoms with E-state index in [0.29, 0.717) is 5.56 Å². The van der Waals surface area contributed by atoms with Gasteiger partial charge >= 0.3 is 0 Å². The molecule has 2 fully saturated rings. The van der Waals surface area contributed by atoms with Crippen LogP contribution >= 0.6 is 0 Å². The topological polar surface area (TPSA) is 23.5 Å². The highest BCUT2D eigenvalue weighted by atomic mass is 19.1. The van der Waals surface area contributed by atoms with Gasteiger partial charge in [-0.3, -0.25) is 0 Å². The largest absolute Gasteiger partial charge is 0.391 e. The summed E-state index contributed by atoms with van der Waals surface area (Å²) in [5.41, 5.74) is 1.35. The number of halogens is 1. The first-order valence-electron chi connectivity index (χ1n) is 6.91. The van der Waals surface area contributed by atoms with Gasteiger partial charge in [-0.1, -0.05) is 12.5 Å². The fraction of sp³-hybridized carbons (Fsp3) is 0.600. The van der Waals surface area contributed by atoms with Gasteiger partial charge in [-0.2, -0.15) is 0 Å². The molecular weight excluding hydrogens is 229 g/mol. The molecule has 1 aliphatic carbocycles. The van der Waals surface area contributed by atoms with Crippen LogP contribution in [0.5, 0.6) is 0 Å². The van der Waals surface area contributed by atoms with Gasteiger partial charge in [0.15, 0.2) is 0 Å². The molecule has 1 aliphatic heterocycles. The molecule has 2 unspecified atom stereocenters. The van der Waals surface area contributed by atoms with Crippen molar-refractivity contribution in [2.24, 2.45) is 11.8 Å². The molecule has 1 saturated carbocycles. The first kappa shape index (κ1) is 12.0. The van der Waals surface area contributed by atoms with E-state index in [-0.39, 0.29) is 12.4 Å². The molecule has 3 rings (SSSR count). The van der Waals surface area contributed by atoms with E-state index in [1.54, 1.807) is 6.07 Å². The monoisotopic (exact) mass is 249 g/mol. The van der Waals surface area contributed by atoms with Crippen molar-refractivity contribution in [3.63, 3.8) is 0 Å². The molecule has 2 atom stereocenters. The number of fused-ring (bicyclic) bond motifs is 2. The molecule has 2 aliphatic rings. The second-order valence-electron chi connectivity index (χ2n) is 5.70. The number of aliphatic hydroxyl groups is 1. The second-order valence-corrected chi connectivity index (χ2v) is 5.70. The molecule has 2 bridgehead atoms. The Kier molecular flexibility index (Phi) is 3.25. The van der Waals surface area contributed by atoms with Crippen molar-refractivity contribution >= 4 is 5.69 Å². The maximum absolute atomic E-state index is 13.7. The Balaban J connectivity index is 1.88. The minimum Gasteiger partial charge on any atom is -0.391 e. The Morgan fingerprint density at radius 3 is 2.61 bits per heavy atom. The molecule has 1 aromatic carbocycles. The van der Waals surface area contributed by atoms with Crippen LogP contribution in [0.2, 0.25) is 0 Å². The molecule has 0 aromatic heterocycles. The minimum absolute atomic E-state index is 0.214. The SMILES string of the molecule is OCc1c(F)cccc1N1CC2CCCC(C2)C1. The molecular formula is C15H20FNO. The van der Waals surface area contributed by atoms with Crippen molar-refractivity contribution in [3.8, 4) is 0 Å².